The van der Waals surface area contributed by atoms with Crippen molar-refractivity contribution in [1.82, 2.24) is 25.7 Å². The number of alkyl halides is 3. The predicted octanol–water partition coefficient (Wildman–Crippen LogP) is 2.53. The number of hydroxylamine groups is 2. The molecule has 9 nitrogen and oxygen atoms in total. The highest BCUT2D eigenvalue weighted by atomic mass is 19.4. The molecule has 0 saturated heterocycles. The van der Waals surface area contributed by atoms with E-state index in [1.165, 1.54) is 0 Å². The number of carbonyl (C=O) groups excluding carboxylic acids is 2. The van der Waals surface area contributed by atoms with E-state index in [9.17, 15) is 28.0 Å². The summed E-state index contributed by atoms with van der Waals surface area (Å²) in [4.78, 5) is 27.0. The molecule has 3 N–H and O–H groups in total. The van der Waals surface area contributed by atoms with Crippen molar-refractivity contribution in [2.45, 2.75) is 38.8 Å². The summed E-state index contributed by atoms with van der Waals surface area (Å²) in [6.45, 7) is 1.82. The second-order valence-electron chi connectivity index (χ2n) is 6.37. The third-order valence-electron chi connectivity index (χ3n) is 4.14. The molecule has 0 bridgehead atoms. The van der Waals surface area contributed by atoms with E-state index in [1.54, 1.807) is 0 Å². The van der Waals surface area contributed by atoms with E-state index in [0.717, 1.165) is 37.5 Å². The number of halogens is 3. The lowest BCUT2D eigenvalue weighted by molar-refractivity contribution is -0.154. The van der Waals surface area contributed by atoms with Crippen molar-refractivity contribution >= 4 is 29.3 Å². The number of rotatable bonds is 10. The fraction of sp³-hybridized carbons (Fsp3) is 0.471. The minimum absolute atomic E-state index is 0.0453. The maximum atomic E-state index is 12.7. The number of benzene rings is 1. The molecule has 158 valence electrons. The van der Waals surface area contributed by atoms with Crippen LogP contribution in [0.15, 0.2) is 18.2 Å². The number of nitrogens with zero attached hydrogens (tertiary/aromatic N) is 4. The number of aromatic nitrogens is 3. The SMILES string of the molecule is CCCCCC(CN(O)C=O)C(=O)NNc1nnc2cc(C(F)(F)F)ccc2n1. The van der Waals surface area contributed by atoms with Crippen LogP contribution in [0.1, 0.15) is 38.2 Å². The first kappa shape index (κ1) is 22.3. The molecule has 0 fully saturated rings. The highest BCUT2D eigenvalue weighted by Crippen LogP contribution is 2.30. The second kappa shape index (κ2) is 9.96. The first-order valence-corrected chi connectivity index (χ1v) is 8.93. The van der Waals surface area contributed by atoms with Gasteiger partial charge in [-0.1, -0.05) is 26.2 Å². The van der Waals surface area contributed by atoms with E-state index in [0.29, 0.717) is 11.5 Å². The van der Waals surface area contributed by atoms with E-state index in [2.05, 4.69) is 26.0 Å². The molecule has 2 amide bonds. The van der Waals surface area contributed by atoms with Gasteiger partial charge in [0.2, 0.25) is 12.3 Å². The van der Waals surface area contributed by atoms with Crippen LogP contribution in [0.5, 0.6) is 0 Å². The Labute approximate surface area is 164 Å². The Morgan fingerprint density at radius 2 is 2.03 bits per heavy atom. The van der Waals surface area contributed by atoms with Crippen LogP contribution in [0.3, 0.4) is 0 Å². The first-order valence-electron chi connectivity index (χ1n) is 8.93. The molecule has 2 rings (SSSR count). The molecule has 0 saturated carbocycles. The van der Waals surface area contributed by atoms with Crippen molar-refractivity contribution in [1.29, 1.82) is 0 Å². The molecule has 12 heteroatoms. The number of nitrogens with one attached hydrogen (secondary N) is 2. The standard InChI is InChI=1S/C17H21F3N6O3/c1-2-3-4-5-11(9-26(29)10-27)15(28)23-25-16-21-13-7-6-12(17(18,19)20)8-14(13)22-24-16/h6-8,10-11,29H,2-5,9H2,1H3,(H,23,28)(H,21,24,25). The van der Waals surface area contributed by atoms with Gasteiger partial charge in [0, 0.05) is 0 Å². The zero-order valence-corrected chi connectivity index (χ0v) is 15.6. The molecule has 0 aliphatic heterocycles. The minimum atomic E-state index is -4.50. The predicted molar refractivity (Wildman–Crippen MR) is 96.3 cm³/mol. The lowest BCUT2D eigenvalue weighted by atomic mass is 10.0. The molecule has 0 spiro atoms. The van der Waals surface area contributed by atoms with Gasteiger partial charge >= 0.3 is 6.18 Å². The monoisotopic (exact) mass is 414 g/mol. The molecule has 1 aromatic heterocycles. The Morgan fingerprint density at radius 1 is 1.28 bits per heavy atom. The van der Waals surface area contributed by atoms with Gasteiger partial charge in [0.1, 0.15) is 5.52 Å². The summed E-state index contributed by atoms with van der Waals surface area (Å²) in [6.07, 6.45) is -1.29. The molecule has 0 aliphatic rings. The Bertz CT molecular complexity index is 849. The van der Waals surface area contributed by atoms with Crippen molar-refractivity contribution in [2.75, 3.05) is 12.0 Å². The van der Waals surface area contributed by atoms with Gasteiger partial charge in [0.15, 0.2) is 0 Å². The van der Waals surface area contributed by atoms with Crippen LogP contribution in [-0.4, -0.2) is 44.3 Å². The number of unbranched alkanes of at least 4 members (excludes halogenated alkanes) is 2. The van der Waals surface area contributed by atoms with E-state index >= 15 is 0 Å². The molecule has 1 heterocycles. The van der Waals surface area contributed by atoms with Gasteiger partial charge in [-0.2, -0.15) is 13.2 Å². The first-order chi connectivity index (χ1) is 13.7. The average Bonchev–Trinajstić information content (AvgIpc) is 2.69. The van der Waals surface area contributed by atoms with Gasteiger partial charge in [-0.3, -0.25) is 25.6 Å². The molecular weight excluding hydrogens is 393 g/mol. The molecule has 0 radical (unpaired) electrons. The summed E-state index contributed by atoms with van der Waals surface area (Å²) in [6, 6.07) is 2.86. The zero-order valence-electron chi connectivity index (χ0n) is 15.6. The summed E-state index contributed by atoms with van der Waals surface area (Å²) in [5.41, 5.74) is 4.06. The fourth-order valence-corrected chi connectivity index (χ4v) is 2.60. The summed E-state index contributed by atoms with van der Waals surface area (Å²) in [5, 5.41) is 17.1. The van der Waals surface area contributed by atoms with Gasteiger partial charge in [-0.25, -0.2) is 10.0 Å². The lowest BCUT2D eigenvalue weighted by Gasteiger charge is -2.19. The Hall–Kier alpha value is -3.02. The van der Waals surface area contributed by atoms with Gasteiger partial charge < -0.3 is 0 Å². The van der Waals surface area contributed by atoms with E-state index in [1.807, 2.05) is 6.92 Å². The largest absolute Gasteiger partial charge is 0.416 e. The Balaban J connectivity index is 2.04. The summed E-state index contributed by atoms with van der Waals surface area (Å²) in [5.74, 6) is -1.29. The van der Waals surface area contributed by atoms with Crippen molar-refractivity contribution in [3.05, 3.63) is 23.8 Å². The normalized spacial score (nSPS) is 12.4. The van der Waals surface area contributed by atoms with Crippen molar-refractivity contribution < 1.29 is 28.0 Å². The van der Waals surface area contributed by atoms with Crippen LogP contribution >= 0.6 is 0 Å². The maximum absolute atomic E-state index is 12.7. The summed E-state index contributed by atoms with van der Waals surface area (Å²) >= 11 is 0. The highest BCUT2D eigenvalue weighted by Gasteiger charge is 2.30. The van der Waals surface area contributed by atoms with Gasteiger partial charge in [-0.15, -0.1) is 10.2 Å². The van der Waals surface area contributed by atoms with Crippen molar-refractivity contribution in [2.24, 2.45) is 5.92 Å². The summed E-state index contributed by atoms with van der Waals surface area (Å²) < 4.78 is 38.2. The molecule has 0 aliphatic carbocycles. The van der Waals surface area contributed by atoms with Crippen LogP contribution in [0, 0.1) is 5.92 Å². The topological polar surface area (TPSA) is 120 Å². The maximum Gasteiger partial charge on any atom is 0.416 e. The van der Waals surface area contributed by atoms with Crippen LogP contribution in [-0.2, 0) is 15.8 Å². The molecule has 1 atom stereocenters. The minimum Gasteiger partial charge on any atom is -0.286 e. The third kappa shape index (κ3) is 6.52. The average molecular weight is 414 g/mol. The molecule has 1 aromatic carbocycles. The van der Waals surface area contributed by atoms with Crippen LogP contribution in [0.4, 0.5) is 19.1 Å². The van der Waals surface area contributed by atoms with E-state index in [-0.39, 0.29) is 29.9 Å². The highest BCUT2D eigenvalue weighted by molar-refractivity contribution is 5.80. The third-order valence-corrected chi connectivity index (χ3v) is 4.14. The number of anilines is 1. The van der Waals surface area contributed by atoms with E-state index in [4.69, 9.17) is 0 Å². The van der Waals surface area contributed by atoms with Gasteiger partial charge in [-0.05, 0) is 24.6 Å². The molecular formula is C17H21F3N6O3. The van der Waals surface area contributed by atoms with Crippen LogP contribution < -0.4 is 10.9 Å². The molecule has 1 unspecified atom stereocenters. The number of fused-ring (bicyclic) bond motifs is 1. The van der Waals surface area contributed by atoms with Crippen LogP contribution in [0.2, 0.25) is 0 Å². The smallest absolute Gasteiger partial charge is 0.286 e. The second-order valence-corrected chi connectivity index (χ2v) is 6.37. The molecule has 2 aromatic rings. The molecule has 29 heavy (non-hydrogen) atoms. The Morgan fingerprint density at radius 3 is 2.69 bits per heavy atom. The zero-order chi connectivity index (χ0) is 21.4. The van der Waals surface area contributed by atoms with Gasteiger partial charge in [0.05, 0.1) is 23.5 Å². The van der Waals surface area contributed by atoms with Crippen molar-refractivity contribution in [3.8, 4) is 0 Å². The van der Waals surface area contributed by atoms with Crippen molar-refractivity contribution in [3.63, 3.8) is 0 Å². The number of amides is 2. The van der Waals surface area contributed by atoms with E-state index < -0.39 is 23.6 Å². The summed E-state index contributed by atoms with van der Waals surface area (Å²) in [7, 11) is 0. The quantitative estimate of drug-likeness (QED) is 0.236. The van der Waals surface area contributed by atoms with Crippen LogP contribution in [0.25, 0.3) is 11.0 Å². The van der Waals surface area contributed by atoms with Gasteiger partial charge in [0.25, 0.3) is 5.95 Å². The number of carbonyl (C=O) groups is 2. The lowest BCUT2D eigenvalue weighted by Crippen LogP contribution is -2.40. The number of hydrazine groups is 1. The Kier molecular flexibility index (Phi) is 7.65. The fourth-order valence-electron chi connectivity index (χ4n) is 2.60. The number of hydrogen-bond donors (Lipinski definition) is 3. The number of hydrogen-bond acceptors (Lipinski definition) is 7.